The zero-order valence-electron chi connectivity index (χ0n) is 10.6. The van der Waals surface area contributed by atoms with Crippen molar-refractivity contribution in [3.8, 4) is 5.75 Å². The standard InChI is InChI=1S/C14H13ClN4O/c15-13-7-5-11(6-8-13)10-20-14-4-2-1-3-12(14)9-17-19-18-16/h1-9H,10H2,(H2,16,19). The summed E-state index contributed by atoms with van der Waals surface area (Å²) in [6.45, 7) is 0.445. The third kappa shape index (κ3) is 4.07. The zero-order chi connectivity index (χ0) is 14.2. The van der Waals surface area contributed by atoms with Crippen LogP contribution in [0.3, 0.4) is 0 Å². The van der Waals surface area contributed by atoms with Gasteiger partial charge in [0.2, 0.25) is 0 Å². The molecule has 20 heavy (non-hydrogen) atoms. The fraction of sp³-hybridized carbons (Fsp3) is 0.0714. The predicted molar refractivity (Wildman–Crippen MR) is 78.9 cm³/mol. The van der Waals surface area contributed by atoms with Crippen molar-refractivity contribution in [2.75, 3.05) is 0 Å². The summed E-state index contributed by atoms with van der Waals surface area (Å²) in [5.74, 6) is 5.59. The summed E-state index contributed by atoms with van der Waals surface area (Å²) in [6, 6.07) is 15.0. The lowest BCUT2D eigenvalue weighted by molar-refractivity contribution is 0.306. The molecule has 0 aliphatic carbocycles. The highest BCUT2D eigenvalue weighted by Gasteiger charge is 2.01. The molecule has 0 atom stereocenters. The van der Waals surface area contributed by atoms with Gasteiger partial charge in [0.25, 0.3) is 0 Å². The number of halogens is 1. The molecule has 0 aliphatic rings. The van der Waals surface area contributed by atoms with Crippen molar-refractivity contribution in [1.82, 2.24) is 0 Å². The Morgan fingerprint density at radius 3 is 2.60 bits per heavy atom. The predicted octanol–water partition coefficient (Wildman–Crippen LogP) is 3.58. The summed E-state index contributed by atoms with van der Waals surface area (Å²) in [5.41, 5.74) is 1.83. The van der Waals surface area contributed by atoms with Gasteiger partial charge in [-0.2, -0.15) is 0 Å². The zero-order valence-corrected chi connectivity index (χ0v) is 11.4. The van der Waals surface area contributed by atoms with Gasteiger partial charge in [-0.25, -0.2) is 0 Å². The number of benzene rings is 2. The van der Waals surface area contributed by atoms with Gasteiger partial charge in [-0.05, 0) is 35.1 Å². The van der Waals surface area contributed by atoms with E-state index < -0.39 is 0 Å². The SMILES string of the molecule is NN=NN=Cc1ccccc1OCc1ccc(Cl)cc1. The number of rotatable bonds is 5. The van der Waals surface area contributed by atoms with E-state index in [1.807, 2.05) is 48.5 Å². The van der Waals surface area contributed by atoms with Crippen LogP contribution in [0, 0.1) is 0 Å². The largest absolute Gasteiger partial charge is 0.488 e. The second-order valence-corrected chi connectivity index (χ2v) is 4.34. The third-order valence-corrected chi connectivity index (χ3v) is 2.78. The molecule has 0 amide bonds. The van der Waals surface area contributed by atoms with E-state index in [0.717, 1.165) is 11.1 Å². The van der Waals surface area contributed by atoms with Gasteiger partial charge < -0.3 is 10.6 Å². The second kappa shape index (κ2) is 7.25. The molecule has 0 saturated heterocycles. The molecule has 0 spiro atoms. The Balaban J connectivity index is 2.07. The molecule has 0 aliphatic heterocycles. The summed E-state index contributed by atoms with van der Waals surface area (Å²) in [5, 5.41) is 10.8. The van der Waals surface area contributed by atoms with Crippen molar-refractivity contribution in [3.05, 3.63) is 64.7 Å². The summed E-state index contributed by atoms with van der Waals surface area (Å²) < 4.78 is 5.76. The molecule has 2 N–H and O–H groups in total. The molecule has 5 nitrogen and oxygen atoms in total. The van der Waals surface area contributed by atoms with Crippen molar-refractivity contribution >= 4 is 17.8 Å². The fourth-order valence-electron chi connectivity index (χ4n) is 1.58. The van der Waals surface area contributed by atoms with Gasteiger partial charge in [-0.3, -0.25) is 0 Å². The topological polar surface area (TPSA) is 72.3 Å². The average molecular weight is 289 g/mol. The lowest BCUT2D eigenvalue weighted by Crippen LogP contribution is -1.98. The van der Waals surface area contributed by atoms with Gasteiger partial charge in [0, 0.05) is 10.6 Å². The molecule has 102 valence electrons. The Hall–Kier alpha value is -2.40. The monoisotopic (exact) mass is 288 g/mol. The smallest absolute Gasteiger partial charge is 0.128 e. The normalized spacial score (nSPS) is 11.2. The van der Waals surface area contributed by atoms with Crippen LogP contribution < -0.4 is 10.6 Å². The van der Waals surface area contributed by atoms with Crippen LogP contribution in [0.15, 0.2) is 64.1 Å². The highest BCUT2D eigenvalue weighted by Crippen LogP contribution is 2.18. The number of hydrogen-bond acceptors (Lipinski definition) is 3. The Morgan fingerprint density at radius 1 is 1.10 bits per heavy atom. The van der Waals surface area contributed by atoms with Crippen LogP contribution in [0.25, 0.3) is 0 Å². The molecule has 0 heterocycles. The van der Waals surface area contributed by atoms with Crippen LogP contribution in [0.2, 0.25) is 5.02 Å². The van der Waals surface area contributed by atoms with E-state index in [-0.39, 0.29) is 0 Å². The van der Waals surface area contributed by atoms with Gasteiger partial charge >= 0.3 is 0 Å². The van der Waals surface area contributed by atoms with Crippen LogP contribution in [0.5, 0.6) is 5.75 Å². The lowest BCUT2D eigenvalue weighted by atomic mass is 10.2. The first-order valence-electron chi connectivity index (χ1n) is 5.89. The third-order valence-electron chi connectivity index (χ3n) is 2.53. The van der Waals surface area contributed by atoms with E-state index in [1.54, 1.807) is 0 Å². The molecule has 0 saturated carbocycles. The van der Waals surface area contributed by atoms with Crippen LogP contribution in [0.4, 0.5) is 0 Å². The molecule has 0 bridgehead atoms. The van der Waals surface area contributed by atoms with Crippen molar-refractivity contribution in [3.63, 3.8) is 0 Å². The van der Waals surface area contributed by atoms with E-state index in [0.29, 0.717) is 17.4 Å². The first kappa shape index (κ1) is 14.0. The first-order chi connectivity index (χ1) is 9.79. The number of para-hydroxylation sites is 1. The number of ether oxygens (including phenoxy) is 1. The number of hydrogen-bond donors (Lipinski definition) is 1. The van der Waals surface area contributed by atoms with Gasteiger partial charge in [0.05, 0.1) is 6.21 Å². The van der Waals surface area contributed by atoms with Gasteiger partial charge in [-0.1, -0.05) is 41.1 Å². The minimum Gasteiger partial charge on any atom is -0.488 e. The first-order valence-corrected chi connectivity index (χ1v) is 6.27. The van der Waals surface area contributed by atoms with Crippen LogP contribution in [-0.4, -0.2) is 6.21 Å². The lowest BCUT2D eigenvalue weighted by Gasteiger charge is -2.08. The maximum absolute atomic E-state index is 5.84. The summed E-state index contributed by atoms with van der Waals surface area (Å²) in [4.78, 5) is 0. The van der Waals surface area contributed by atoms with Crippen molar-refractivity contribution < 1.29 is 4.74 Å². The maximum Gasteiger partial charge on any atom is 0.128 e. The highest BCUT2D eigenvalue weighted by atomic mass is 35.5. The van der Waals surface area contributed by atoms with Crippen molar-refractivity contribution in [2.45, 2.75) is 6.61 Å². The summed E-state index contributed by atoms with van der Waals surface area (Å²) in [7, 11) is 0. The number of nitrogens with two attached hydrogens (primary N) is 1. The Morgan fingerprint density at radius 2 is 1.85 bits per heavy atom. The van der Waals surface area contributed by atoms with Crippen molar-refractivity contribution in [1.29, 1.82) is 0 Å². The maximum atomic E-state index is 5.84. The summed E-state index contributed by atoms with van der Waals surface area (Å²) in [6.07, 6.45) is 1.54. The molecule has 2 aromatic carbocycles. The van der Waals surface area contributed by atoms with E-state index in [1.165, 1.54) is 6.21 Å². The Bertz CT molecular complexity index is 611. The number of nitrogens with zero attached hydrogens (tertiary/aromatic N) is 3. The van der Waals surface area contributed by atoms with Crippen molar-refractivity contribution in [2.24, 2.45) is 21.4 Å². The van der Waals surface area contributed by atoms with Gasteiger partial charge in [0.1, 0.15) is 12.4 Å². The fourth-order valence-corrected chi connectivity index (χ4v) is 1.70. The average Bonchev–Trinajstić information content (AvgIpc) is 2.48. The van der Waals surface area contributed by atoms with Crippen LogP contribution in [0.1, 0.15) is 11.1 Å². The molecule has 6 heteroatoms. The molecule has 2 aromatic rings. The minimum atomic E-state index is 0.445. The molecule has 0 unspecified atom stereocenters. The van der Waals surface area contributed by atoms with Gasteiger partial charge in [0.15, 0.2) is 0 Å². The highest BCUT2D eigenvalue weighted by molar-refractivity contribution is 6.30. The molecule has 0 fully saturated rings. The molecule has 2 rings (SSSR count). The van der Waals surface area contributed by atoms with E-state index in [2.05, 4.69) is 15.5 Å². The summed E-state index contributed by atoms with van der Waals surface area (Å²) >= 11 is 5.84. The minimum absolute atomic E-state index is 0.445. The molecular formula is C14H13ClN4O. The van der Waals surface area contributed by atoms with Crippen LogP contribution in [-0.2, 0) is 6.61 Å². The quantitative estimate of drug-likeness (QED) is 0.395. The Kier molecular flexibility index (Phi) is 5.08. The molecule has 0 radical (unpaired) electrons. The molecular weight excluding hydrogens is 276 g/mol. The van der Waals surface area contributed by atoms with E-state index in [9.17, 15) is 0 Å². The van der Waals surface area contributed by atoms with E-state index in [4.69, 9.17) is 22.2 Å². The molecule has 0 aromatic heterocycles. The van der Waals surface area contributed by atoms with Crippen LogP contribution >= 0.6 is 11.6 Å². The second-order valence-electron chi connectivity index (χ2n) is 3.90. The Labute approximate surface area is 121 Å². The van der Waals surface area contributed by atoms with Gasteiger partial charge in [-0.15, -0.1) is 5.10 Å². The van der Waals surface area contributed by atoms with E-state index >= 15 is 0 Å².